The highest BCUT2D eigenvalue weighted by Crippen LogP contribution is 2.36. The molecule has 8 nitrogen and oxygen atoms in total. The third-order valence-corrected chi connectivity index (χ3v) is 5.95. The molecule has 0 aliphatic rings. The van der Waals surface area contributed by atoms with Crippen LogP contribution in [0.3, 0.4) is 0 Å². The van der Waals surface area contributed by atoms with Crippen LogP contribution in [0.4, 0.5) is 11.5 Å². The molecule has 4 aromatic rings. The summed E-state index contributed by atoms with van der Waals surface area (Å²) in [7, 11) is 1.68. The van der Waals surface area contributed by atoms with Gasteiger partial charge in [-0.3, -0.25) is 9.59 Å². The normalized spacial score (nSPS) is 10.4. The van der Waals surface area contributed by atoms with Crippen LogP contribution < -0.4 is 16.0 Å². The monoisotopic (exact) mass is 483 g/mol. The number of pyridine rings is 1. The van der Waals surface area contributed by atoms with Crippen LogP contribution in [0.25, 0.3) is 22.4 Å². The number of phenols is 1. The van der Waals surface area contributed by atoms with Gasteiger partial charge in [-0.25, -0.2) is 4.98 Å². The number of thiophene rings is 1. The molecule has 0 unspecified atom stereocenters. The zero-order valence-electron chi connectivity index (χ0n) is 18.7. The van der Waals surface area contributed by atoms with Gasteiger partial charge in [0.25, 0.3) is 5.91 Å². The number of rotatable bonds is 7. The van der Waals surface area contributed by atoms with Crippen LogP contribution in [-0.4, -0.2) is 35.5 Å². The van der Waals surface area contributed by atoms with Crippen LogP contribution in [0, 0.1) is 11.3 Å². The molecule has 0 atom stereocenters. The number of anilines is 2. The van der Waals surface area contributed by atoms with Gasteiger partial charge >= 0.3 is 0 Å². The molecule has 0 aliphatic heterocycles. The van der Waals surface area contributed by atoms with Gasteiger partial charge in [0.15, 0.2) is 5.82 Å². The molecule has 35 heavy (non-hydrogen) atoms. The van der Waals surface area contributed by atoms with E-state index in [1.165, 1.54) is 17.4 Å². The lowest BCUT2D eigenvalue weighted by Gasteiger charge is -2.15. The smallest absolute Gasteiger partial charge is 0.266 e. The SMILES string of the molecule is CNCC(=O)Nc1cccc(-c2cc(-c3ccccc3O)nc(NC(=O)c3cccs3)c2C#N)c1. The number of hydrogen-bond donors (Lipinski definition) is 4. The van der Waals surface area contributed by atoms with Gasteiger partial charge in [0, 0.05) is 16.8 Å². The molecule has 0 saturated carbocycles. The lowest BCUT2D eigenvalue weighted by molar-refractivity contribution is -0.115. The number of carbonyl (C=O) groups excluding carboxylic acids is 2. The van der Waals surface area contributed by atoms with Crippen molar-refractivity contribution in [3.05, 3.63) is 82.6 Å². The molecule has 2 aromatic heterocycles. The molecule has 0 bridgehead atoms. The highest BCUT2D eigenvalue weighted by Gasteiger charge is 2.19. The molecular formula is C26H21N5O3S. The van der Waals surface area contributed by atoms with Crippen molar-refractivity contribution >= 4 is 34.7 Å². The van der Waals surface area contributed by atoms with Gasteiger partial charge in [-0.2, -0.15) is 5.26 Å². The first-order valence-electron chi connectivity index (χ1n) is 10.6. The molecule has 0 spiro atoms. The van der Waals surface area contributed by atoms with E-state index in [0.29, 0.717) is 32.9 Å². The highest BCUT2D eigenvalue weighted by atomic mass is 32.1. The van der Waals surface area contributed by atoms with Gasteiger partial charge < -0.3 is 21.1 Å². The average molecular weight is 484 g/mol. The van der Waals surface area contributed by atoms with E-state index >= 15 is 0 Å². The van der Waals surface area contributed by atoms with E-state index in [2.05, 4.69) is 27.0 Å². The molecule has 4 N–H and O–H groups in total. The fourth-order valence-electron chi connectivity index (χ4n) is 3.51. The minimum Gasteiger partial charge on any atom is -0.507 e. The van der Waals surface area contributed by atoms with E-state index in [0.717, 1.165) is 0 Å². The average Bonchev–Trinajstić information content (AvgIpc) is 3.39. The van der Waals surface area contributed by atoms with Crippen molar-refractivity contribution in [2.24, 2.45) is 0 Å². The Morgan fingerprint density at radius 3 is 2.57 bits per heavy atom. The first-order chi connectivity index (χ1) is 17.0. The van der Waals surface area contributed by atoms with Gasteiger partial charge in [-0.15, -0.1) is 11.3 Å². The molecule has 0 saturated heterocycles. The van der Waals surface area contributed by atoms with Crippen LogP contribution in [0.2, 0.25) is 0 Å². The fraction of sp³-hybridized carbons (Fsp3) is 0.0769. The number of nitrogens with zero attached hydrogens (tertiary/aromatic N) is 2. The van der Waals surface area contributed by atoms with E-state index in [4.69, 9.17) is 0 Å². The predicted octanol–water partition coefficient (Wildman–Crippen LogP) is 4.46. The number of carbonyl (C=O) groups is 2. The zero-order chi connectivity index (χ0) is 24.8. The summed E-state index contributed by atoms with van der Waals surface area (Å²) in [4.78, 5) is 29.8. The maximum atomic E-state index is 12.8. The molecule has 2 amide bonds. The number of aromatic hydroxyl groups is 1. The molecule has 174 valence electrons. The Hall–Kier alpha value is -4.52. The Morgan fingerprint density at radius 1 is 1.03 bits per heavy atom. The molecule has 4 rings (SSSR count). The first-order valence-corrected chi connectivity index (χ1v) is 11.5. The second-order valence-corrected chi connectivity index (χ2v) is 8.45. The van der Waals surface area contributed by atoms with Crippen molar-refractivity contribution in [2.45, 2.75) is 0 Å². The summed E-state index contributed by atoms with van der Waals surface area (Å²) >= 11 is 1.27. The van der Waals surface area contributed by atoms with Crippen molar-refractivity contribution in [3.63, 3.8) is 0 Å². The van der Waals surface area contributed by atoms with Gasteiger partial charge in [0.1, 0.15) is 17.4 Å². The number of nitrogens with one attached hydrogen (secondary N) is 3. The summed E-state index contributed by atoms with van der Waals surface area (Å²) in [6.07, 6.45) is 0. The number of aromatic nitrogens is 1. The standard InChI is InChI=1S/C26H21N5O3S/c1-28-15-24(33)29-17-7-4-6-16(12-17)19-13-21(18-8-2-3-9-22(18)32)30-25(20(19)14-27)31-26(34)23-10-5-11-35-23/h2-13,28,32H,15H2,1H3,(H,29,33)(H,30,31,34). The Morgan fingerprint density at radius 2 is 1.86 bits per heavy atom. The van der Waals surface area contributed by atoms with Crippen LogP contribution in [-0.2, 0) is 4.79 Å². The molecule has 0 radical (unpaired) electrons. The van der Waals surface area contributed by atoms with Crippen molar-refractivity contribution < 1.29 is 14.7 Å². The van der Waals surface area contributed by atoms with Gasteiger partial charge in [-0.05, 0) is 54.4 Å². The Bertz CT molecular complexity index is 1430. The number of amides is 2. The zero-order valence-corrected chi connectivity index (χ0v) is 19.5. The summed E-state index contributed by atoms with van der Waals surface area (Å²) in [5.74, 6) is -0.512. The lowest BCUT2D eigenvalue weighted by atomic mass is 9.97. The number of likely N-dealkylation sites (N-methyl/N-ethyl adjacent to an activating group) is 1. The highest BCUT2D eigenvalue weighted by molar-refractivity contribution is 7.12. The summed E-state index contributed by atoms with van der Waals surface area (Å²) in [6.45, 7) is 0.152. The number of benzene rings is 2. The largest absolute Gasteiger partial charge is 0.507 e. The summed E-state index contributed by atoms with van der Waals surface area (Å²) in [6, 6.07) is 21.0. The van der Waals surface area contributed by atoms with E-state index in [-0.39, 0.29) is 29.6 Å². The summed E-state index contributed by atoms with van der Waals surface area (Å²) in [5.41, 5.74) is 2.66. The summed E-state index contributed by atoms with van der Waals surface area (Å²) < 4.78 is 0. The third kappa shape index (κ3) is 5.35. The number of hydrogen-bond acceptors (Lipinski definition) is 7. The Kier molecular flexibility index (Phi) is 7.16. The molecular weight excluding hydrogens is 462 g/mol. The van der Waals surface area contributed by atoms with E-state index in [1.54, 1.807) is 73.1 Å². The van der Waals surface area contributed by atoms with E-state index in [9.17, 15) is 20.0 Å². The van der Waals surface area contributed by atoms with Crippen LogP contribution >= 0.6 is 11.3 Å². The first kappa shape index (κ1) is 23.6. The number of nitriles is 1. The third-order valence-electron chi connectivity index (χ3n) is 5.08. The van der Waals surface area contributed by atoms with Crippen molar-refractivity contribution in [3.8, 4) is 34.2 Å². The maximum absolute atomic E-state index is 12.8. The van der Waals surface area contributed by atoms with Crippen LogP contribution in [0.5, 0.6) is 5.75 Å². The second kappa shape index (κ2) is 10.6. The topological polar surface area (TPSA) is 127 Å². The van der Waals surface area contributed by atoms with Gasteiger partial charge in [0.2, 0.25) is 5.91 Å². The maximum Gasteiger partial charge on any atom is 0.266 e. The van der Waals surface area contributed by atoms with Crippen LogP contribution in [0.15, 0.2) is 72.1 Å². The van der Waals surface area contributed by atoms with Gasteiger partial charge in [0.05, 0.1) is 17.1 Å². The molecule has 0 aliphatic carbocycles. The molecule has 2 heterocycles. The Balaban J connectivity index is 1.85. The Labute approximate surface area is 205 Å². The molecule has 0 fully saturated rings. The predicted molar refractivity (Wildman–Crippen MR) is 136 cm³/mol. The minimum atomic E-state index is -0.391. The lowest BCUT2D eigenvalue weighted by Crippen LogP contribution is -2.25. The van der Waals surface area contributed by atoms with Crippen molar-refractivity contribution in [1.29, 1.82) is 5.26 Å². The number of para-hydroxylation sites is 1. The molecule has 9 heteroatoms. The fourth-order valence-corrected chi connectivity index (χ4v) is 4.13. The van der Waals surface area contributed by atoms with Crippen LogP contribution in [0.1, 0.15) is 15.2 Å². The molecule has 2 aromatic carbocycles. The van der Waals surface area contributed by atoms with Crippen molar-refractivity contribution in [1.82, 2.24) is 10.3 Å². The number of phenolic OH excluding ortho intramolecular Hbond substituents is 1. The van der Waals surface area contributed by atoms with E-state index < -0.39 is 5.91 Å². The van der Waals surface area contributed by atoms with Gasteiger partial charge in [-0.1, -0.05) is 30.3 Å². The second-order valence-electron chi connectivity index (χ2n) is 7.50. The van der Waals surface area contributed by atoms with Crippen molar-refractivity contribution in [2.75, 3.05) is 24.2 Å². The van der Waals surface area contributed by atoms with E-state index in [1.807, 2.05) is 0 Å². The minimum absolute atomic E-state index is 0.0132. The summed E-state index contributed by atoms with van der Waals surface area (Å²) in [5, 5.41) is 30.6. The quantitative estimate of drug-likeness (QED) is 0.307.